The molecular weight excluding hydrogens is 190 g/mol. The first kappa shape index (κ1) is 9.85. The molecule has 1 aromatic carbocycles. The second kappa shape index (κ2) is 4.71. The van der Waals surface area contributed by atoms with Crippen molar-refractivity contribution in [2.75, 3.05) is 12.4 Å². The zero-order chi connectivity index (χ0) is 9.68. The Morgan fingerprint density at radius 3 is 2.77 bits per heavy atom. The molecule has 0 spiro atoms. The number of hydrogen-bond acceptors (Lipinski definition) is 4. The van der Waals surface area contributed by atoms with E-state index in [2.05, 4.69) is 12.6 Å². The van der Waals surface area contributed by atoms with Crippen molar-refractivity contribution in [2.45, 2.75) is 0 Å². The summed E-state index contributed by atoms with van der Waals surface area (Å²) in [6.07, 6.45) is 0. The number of nitro benzene ring substituents is 1. The van der Waals surface area contributed by atoms with Crippen LogP contribution < -0.4 is 4.74 Å². The Morgan fingerprint density at radius 2 is 2.15 bits per heavy atom. The molecule has 0 aliphatic carbocycles. The van der Waals surface area contributed by atoms with Gasteiger partial charge in [0.05, 0.1) is 11.5 Å². The Balaban J connectivity index is 2.84. The first-order chi connectivity index (χ1) is 6.25. The van der Waals surface area contributed by atoms with Gasteiger partial charge >= 0.3 is 5.69 Å². The molecule has 0 aliphatic heterocycles. The predicted molar refractivity (Wildman–Crippen MR) is 52.4 cm³/mol. The van der Waals surface area contributed by atoms with Crippen molar-refractivity contribution in [1.82, 2.24) is 0 Å². The molecule has 0 radical (unpaired) electrons. The number of thiol groups is 1. The third-order valence-corrected chi connectivity index (χ3v) is 1.59. The molecule has 70 valence electrons. The Morgan fingerprint density at radius 1 is 1.46 bits per heavy atom. The Hall–Kier alpha value is -1.23. The molecule has 13 heavy (non-hydrogen) atoms. The van der Waals surface area contributed by atoms with Crippen LogP contribution in [0.2, 0.25) is 0 Å². The average Bonchev–Trinajstić information content (AvgIpc) is 2.15. The van der Waals surface area contributed by atoms with Crippen LogP contribution >= 0.6 is 12.6 Å². The van der Waals surface area contributed by atoms with Crippen LogP contribution in [0.15, 0.2) is 24.3 Å². The van der Waals surface area contributed by atoms with Gasteiger partial charge in [0.1, 0.15) is 0 Å². The van der Waals surface area contributed by atoms with E-state index in [4.69, 9.17) is 4.74 Å². The van der Waals surface area contributed by atoms with E-state index in [1.54, 1.807) is 18.2 Å². The van der Waals surface area contributed by atoms with Crippen LogP contribution in [-0.2, 0) is 0 Å². The van der Waals surface area contributed by atoms with Crippen molar-refractivity contribution in [1.29, 1.82) is 0 Å². The van der Waals surface area contributed by atoms with Gasteiger partial charge in [-0.3, -0.25) is 10.1 Å². The summed E-state index contributed by atoms with van der Waals surface area (Å²) in [7, 11) is 0. The summed E-state index contributed by atoms with van der Waals surface area (Å²) in [5, 5.41) is 10.5. The minimum absolute atomic E-state index is 0.00992. The van der Waals surface area contributed by atoms with Crippen LogP contribution in [-0.4, -0.2) is 17.3 Å². The van der Waals surface area contributed by atoms with E-state index in [0.29, 0.717) is 18.1 Å². The summed E-state index contributed by atoms with van der Waals surface area (Å²) in [6.45, 7) is 0.369. The lowest BCUT2D eigenvalue weighted by Gasteiger charge is -2.03. The largest absolute Gasteiger partial charge is 0.486 e. The fourth-order valence-electron chi connectivity index (χ4n) is 0.886. The van der Waals surface area contributed by atoms with Crippen LogP contribution in [0, 0.1) is 10.1 Å². The molecule has 0 fully saturated rings. The molecule has 0 N–H and O–H groups in total. The number of benzene rings is 1. The monoisotopic (exact) mass is 199 g/mol. The summed E-state index contributed by atoms with van der Waals surface area (Å²) in [5.74, 6) is 0.827. The summed E-state index contributed by atoms with van der Waals surface area (Å²) in [6, 6.07) is 6.28. The fourth-order valence-corrected chi connectivity index (χ4v) is 0.977. The molecule has 0 amide bonds. The molecule has 0 aliphatic rings. The molecule has 1 rings (SSSR count). The van der Waals surface area contributed by atoms with Crippen molar-refractivity contribution in [2.24, 2.45) is 0 Å². The van der Waals surface area contributed by atoms with Gasteiger partial charge < -0.3 is 4.74 Å². The zero-order valence-corrected chi connectivity index (χ0v) is 7.74. The zero-order valence-electron chi connectivity index (χ0n) is 6.84. The summed E-state index contributed by atoms with van der Waals surface area (Å²) < 4.78 is 5.13. The van der Waals surface area contributed by atoms with Gasteiger partial charge in [-0.1, -0.05) is 12.1 Å². The van der Waals surface area contributed by atoms with Gasteiger partial charge in [-0.2, -0.15) is 12.6 Å². The highest BCUT2D eigenvalue weighted by atomic mass is 32.1. The second-order valence-corrected chi connectivity index (χ2v) is 2.74. The van der Waals surface area contributed by atoms with Crippen molar-refractivity contribution < 1.29 is 9.66 Å². The number of rotatable bonds is 4. The van der Waals surface area contributed by atoms with Crippen molar-refractivity contribution in [3.63, 3.8) is 0 Å². The predicted octanol–water partition coefficient (Wildman–Crippen LogP) is 1.90. The number of nitrogens with zero attached hydrogens (tertiary/aromatic N) is 1. The van der Waals surface area contributed by atoms with E-state index in [0.717, 1.165) is 0 Å². The molecule has 0 saturated carbocycles. The van der Waals surface area contributed by atoms with Crippen molar-refractivity contribution in [3.05, 3.63) is 34.4 Å². The van der Waals surface area contributed by atoms with Gasteiger partial charge in [-0.05, 0) is 6.07 Å². The second-order valence-electron chi connectivity index (χ2n) is 2.30. The third kappa shape index (κ3) is 2.62. The number of nitro groups is 1. The highest BCUT2D eigenvalue weighted by Gasteiger charge is 2.12. The fraction of sp³-hybridized carbons (Fsp3) is 0.250. The first-order valence-corrected chi connectivity index (χ1v) is 4.36. The quantitative estimate of drug-likeness (QED) is 0.457. The van der Waals surface area contributed by atoms with E-state index in [9.17, 15) is 10.1 Å². The highest BCUT2D eigenvalue weighted by molar-refractivity contribution is 7.80. The van der Waals surface area contributed by atoms with Gasteiger partial charge in [-0.25, -0.2) is 0 Å². The first-order valence-electron chi connectivity index (χ1n) is 3.73. The number of para-hydroxylation sites is 2. The minimum Gasteiger partial charge on any atom is -0.486 e. The number of ether oxygens (including phenoxy) is 1. The SMILES string of the molecule is O=[N+]([O-])c1ccccc1OCCS. The standard InChI is InChI=1S/C8H9NO3S/c10-9(11)7-3-1-2-4-8(7)12-5-6-13/h1-4,13H,5-6H2. The maximum atomic E-state index is 10.5. The Bertz CT molecular complexity index is 303. The van der Waals surface area contributed by atoms with Crippen molar-refractivity contribution >= 4 is 18.3 Å². The molecule has 5 heteroatoms. The maximum Gasteiger partial charge on any atom is 0.310 e. The van der Waals surface area contributed by atoms with E-state index in [1.807, 2.05) is 0 Å². The molecule has 0 aromatic heterocycles. The van der Waals surface area contributed by atoms with Gasteiger partial charge in [0.25, 0.3) is 0 Å². The lowest BCUT2D eigenvalue weighted by molar-refractivity contribution is -0.385. The van der Waals surface area contributed by atoms with Gasteiger partial charge in [0, 0.05) is 11.8 Å². The maximum absolute atomic E-state index is 10.5. The van der Waals surface area contributed by atoms with Crippen LogP contribution in [0.5, 0.6) is 5.75 Å². The third-order valence-electron chi connectivity index (χ3n) is 1.41. The van der Waals surface area contributed by atoms with Crippen LogP contribution in [0.4, 0.5) is 5.69 Å². The smallest absolute Gasteiger partial charge is 0.310 e. The Kier molecular flexibility index (Phi) is 3.57. The molecule has 0 bridgehead atoms. The molecule has 0 atom stereocenters. The lowest BCUT2D eigenvalue weighted by atomic mass is 10.3. The van der Waals surface area contributed by atoms with Crippen LogP contribution in [0.3, 0.4) is 0 Å². The van der Waals surface area contributed by atoms with Gasteiger partial charge in [0.15, 0.2) is 5.75 Å². The lowest BCUT2D eigenvalue weighted by Crippen LogP contribution is -2.00. The van der Waals surface area contributed by atoms with E-state index >= 15 is 0 Å². The van der Waals surface area contributed by atoms with E-state index < -0.39 is 4.92 Å². The van der Waals surface area contributed by atoms with Crippen molar-refractivity contribution in [3.8, 4) is 5.75 Å². The van der Waals surface area contributed by atoms with Crippen LogP contribution in [0.1, 0.15) is 0 Å². The Labute approximate surface area is 81.1 Å². The molecule has 1 aromatic rings. The summed E-state index contributed by atoms with van der Waals surface area (Å²) >= 11 is 3.94. The highest BCUT2D eigenvalue weighted by Crippen LogP contribution is 2.25. The molecule has 4 nitrogen and oxygen atoms in total. The van der Waals surface area contributed by atoms with E-state index in [-0.39, 0.29) is 5.69 Å². The van der Waals surface area contributed by atoms with Crippen LogP contribution in [0.25, 0.3) is 0 Å². The molecule has 0 saturated heterocycles. The molecular formula is C8H9NO3S. The van der Waals surface area contributed by atoms with E-state index in [1.165, 1.54) is 6.07 Å². The molecule has 0 unspecified atom stereocenters. The topological polar surface area (TPSA) is 52.4 Å². The summed E-state index contributed by atoms with van der Waals surface area (Å²) in [4.78, 5) is 10.0. The van der Waals surface area contributed by atoms with Gasteiger partial charge in [-0.15, -0.1) is 0 Å². The average molecular weight is 199 g/mol. The molecule has 0 heterocycles. The van der Waals surface area contributed by atoms with Gasteiger partial charge in [0.2, 0.25) is 0 Å². The normalized spacial score (nSPS) is 9.62. The minimum atomic E-state index is -0.464. The summed E-state index contributed by atoms with van der Waals surface area (Å²) in [5.41, 5.74) is -0.00992. The number of hydrogen-bond donors (Lipinski definition) is 1.